The molecule has 0 aliphatic carbocycles. The summed E-state index contributed by atoms with van der Waals surface area (Å²) in [6.07, 6.45) is 7.31. The van der Waals surface area contributed by atoms with Gasteiger partial charge in [-0.1, -0.05) is 18.2 Å². The molecule has 0 bridgehead atoms. The minimum atomic E-state index is 0.0722. The van der Waals surface area contributed by atoms with Crippen LogP contribution in [-0.4, -0.2) is 34.9 Å². The van der Waals surface area contributed by atoms with Crippen LogP contribution in [0.25, 0.3) is 5.69 Å². The summed E-state index contributed by atoms with van der Waals surface area (Å²) in [5.41, 5.74) is 2.09. The van der Waals surface area contributed by atoms with Crippen LogP contribution in [0.15, 0.2) is 42.7 Å². The van der Waals surface area contributed by atoms with Crippen LogP contribution in [0.5, 0.6) is 0 Å². The zero-order valence-corrected chi connectivity index (χ0v) is 12.6. The summed E-state index contributed by atoms with van der Waals surface area (Å²) in [5, 5.41) is 7.28. The Hall–Kier alpha value is -2.14. The van der Waals surface area contributed by atoms with E-state index in [4.69, 9.17) is 4.74 Å². The lowest BCUT2D eigenvalue weighted by Crippen LogP contribution is -2.31. The second kappa shape index (κ2) is 7.22. The number of carbonyl (C=O) groups excluding carboxylic acids is 1. The maximum absolute atomic E-state index is 11.9. The Morgan fingerprint density at radius 3 is 3.00 bits per heavy atom. The number of aromatic nitrogens is 2. The molecule has 116 valence electrons. The highest BCUT2D eigenvalue weighted by molar-refractivity contribution is 5.76. The minimum absolute atomic E-state index is 0.0722. The number of rotatable bonds is 6. The van der Waals surface area contributed by atoms with Crippen LogP contribution in [0.1, 0.15) is 24.8 Å². The average molecular weight is 299 g/mol. The van der Waals surface area contributed by atoms with Gasteiger partial charge in [-0.3, -0.25) is 4.79 Å². The summed E-state index contributed by atoms with van der Waals surface area (Å²) in [7, 11) is 0. The molecule has 0 saturated carbocycles. The van der Waals surface area contributed by atoms with E-state index in [1.54, 1.807) is 0 Å². The van der Waals surface area contributed by atoms with E-state index < -0.39 is 0 Å². The van der Waals surface area contributed by atoms with Crippen molar-refractivity contribution >= 4 is 5.91 Å². The van der Waals surface area contributed by atoms with Gasteiger partial charge in [0.1, 0.15) is 0 Å². The highest BCUT2D eigenvalue weighted by Gasteiger charge is 2.16. The van der Waals surface area contributed by atoms with Crippen LogP contribution in [0.3, 0.4) is 0 Å². The number of ether oxygens (including phenoxy) is 1. The fourth-order valence-corrected chi connectivity index (χ4v) is 2.59. The van der Waals surface area contributed by atoms with Gasteiger partial charge in [0, 0.05) is 25.8 Å². The van der Waals surface area contributed by atoms with Crippen LogP contribution in [0.2, 0.25) is 0 Å². The molecule has 1 saturated heterocycles. The molecule has 1 atom stereocenters. The first kappa shape index (κ1) is 14.8. The molecule has 0 spiro atoms. The smallest absolute Gasteiger partial charge is 0.220 e. The van der Waals surface area contributed by atoms with Crippen molar-refractivity contribution in [1.82, 2.24) is 15.1 Å². The fourth-order valence-electron chi connectivity index (χ4n) is 2.59. The third kappa shape index (κ3) is 3.95. The summed E-state index contributed by atoms with van der Waals surface area (Å²) in [6.45, 7) is 1.45. The van der Waals surface area contributed by atoms with Gasteiger partial charge in [-0.05, 0) is 37.0 Å². The van der Waals surface area contributed by atoms with Gasteiger partial charge < -0.3 is 10.1 Å². The van der Waals surface area contributed by atoms with E-state index in [0.717, 1.165) is 30.7 Å². The minimum Gasteiger partial charge on any atom is -0.376 e. The standard InChI is InChI=1S/C17H21N3O2/c21-17(18-12-16-7-4-10-22-16)9-8-14-11-19-20(13-14)15-5-2-1-3-6-15/h1-3,5-6,11,13,16H,4,7-10,12H2,(H,18,21)/t16-/m1/s1. The Labute approximate surface area is 130 Å². The predicted molar refractivity (Wildman–Crippen MR) is 83.9 cm³/mol. The summed E-state index contributed by atoms with van der Waals surface area (Å²) in [5.74, 6) is 0.0722. The van der Waals surface area contributed by atoms with E-state index in [2.05, 4.69) is 10.4 Å². The predicted octanol–water partition coefficient (Wildman–Crippen LogP) is 2.10. The van der Waals surface area contributed by atoms with Crippen molar-refractivity contribution in [2.45, 2.75) is 31.8 Å². The monoisotopic (exact) mass is 299 g/mol. The number of hydrogen-bond acceptors (Lipinski definition) is 3. The van der Waals surface area contributed by atoms with Gasteiger partial charge in [0.25, 0.3) is 0 Å². The van der Waals surface area contributed by atoms with E-state index in [1.165, 1.54) is 0 Å². The van der Waals surface area contributed by atoms with Gasteiger partial charge in [-0.15, -0.1) is 0 Å². The third-order valence-electron chi connectivity index (χ3n) is 3.85. The van der Waals surface area contributed by atoms with Crippen molar-refractivity contribution in [2.24, 2.45) is 0 Å². The molecule has 1 aliphatic heterocycles. The first-order valence-corrected chi connectivity index (χ1v) is 7.78. The molecule has 1 fully saturated rings. The van der Waals surface area contributed by atoms with Crippen molar-refractivity contribution in [3.05, 3.63) is 48.3 Å². The number of benzene rings is 1. The molecule has 22 heavy (non-hydrogen) atoms. The summed E-state index contributed by atoms with van der Waals surface area (Å²) in [6, 6.07) is 9.95. The fraction of sp³-hybridized carbons (Fsp3) is 0.412. The van der Waals surface area contributed by atoms with Gasteiger partial charge in [-0.2, -0.15) is 5.10 Å². The van der Waals surface area contributed by atoms with Crippen LogP contribution >= 0.6 is 0 Å². The molecular formula is C17H21N3O2. The van der Waals surface area contributed by atoms with E-state index in [9.17, 15) is 4.79 Å². The molecule has 1 aliphatic rings. The highest BCUT2D eigenvalue weighted by atomic mass is 16.5. The largest absolute Gasteiger partial charge is 0.376 e. The number of amides is 1. The van der Waals surface area contributed by atoms with E-state index in [-0.39, 0.29) is 12.0 Å². The van der Waals surface area contributed by atoms with Crippen molar-refractivity contribution in [1.29, 1.82) is 0 Å². The molecule has 5 heteroatoms. The van der Waals surface area contributed by atoms with E-state index in [1.807, 2.05) is 47.4 Å². The zero-order chi connectivity index (χ0) is 15.2. The van der Waals surface area contributed by atoms with Crippen LogP contribution in [-0.2, 0) is 16.0 Å². The number of para-hydroxylation sites is 1. The van der Waals surface area contributed by atoms with Crippen LogP contribution in [0.4, 0.5) is 0 Å². The maximum Gasteiger partial charge on any atom is 0.220 e. The topological polar surface area (TPSA) is 56.2 Å². The average Bonchev–Trinajstić information content (AvgIpc) is 3.23. The first-order valence-electron chi connectivity index (χ1n) is 7.78. The van der Waals surface area contributed by atoms with Gasteiger partial charge in [0.15, 0.2) is 0 Å². The molecule has 3 rings (SSSR count). The molecule has 2 heterocycles. The summed E-state index contributed by atoms with van der Waals surface area (Å²) >= 11 is 0. The zero-order valence-electron chi connectivity index (χ0n) is 12.6. The Kier molecular flexibility index (Phi) is 4.85. The number of carbonyl (C=O) groups is 1. The van der Waals surface area contributed by atoms with Crippen LogP contribution < -0.4 is 5.32 Å². The van der Waals surface area contributed by atoms with Crippen molar-refractivity contribution < 1.29 is 9.53 Å². The normalized spacial score (nSPS) is 17.5. The van der Waals surface area contributed by atoms with E-state index in [0.29, 0.717) is 19.4 Å². The summed E-state index contributed by atoms with van der Waals surface area (Å²) in [4.78, 5) is 11.9. The highest BCUT2D eigenvalue weighted by Crippen LogP contribution is 2.11. The number of nitrogens with one attached hydrogen (secondary N) is 1. The third-order valence-corrected chi connectivity index (χ3v) is 3.85. The number of aryl methyl sites for hydroxylation is 1. The van der Waals surface area contributed by atoms with Crippen molar-refractivity contribution in [2.75, 3.05) is 13.2 Å². The molecule has 0 radical (unpaired) electrons. The van der Waals surface area contributed by atoms with Gasteiger partial charge in [-0.25, -0.2) is 4.68 Å². The number of hydrogen-bond donors (Lipinski definition) is 1. The Morgan fingerprint density at radius 1 is 1.36 bits per heavy atom. The Balaban J connectivity index is 1.45. The second-order valence-corrected chi connectivity index (χ2v) is 5.57. The lowest BCUT2D eigenvalue weighted by atomic mass is 10.2. The second-order valence-electron chi connectivity index (χ2n) is 5.57. The number of nitrogens with zero attached hydrogens (tertiary/aromatic N) is 2. The van der Waals surface area contributed by atoms with E-state index >= 15 is 0 Å². The van der Waals surface area contributed by atoms with Crippen molar-refractivity contribution in [3.8, 4) is 5.69 Å². The lowest BCUT2D eigenvalue weighted by Gasteiger charge is -2.10. The molecular weight excluding hydrogens is 278 g/mol. The molecule has 1 amide bonds. The van der Waals surface area contributed by atoms with Crippen molar-refractivity contribution in [3.63, 3.8) is 0 Å². The molecule has 2 aromatic rings. The first-order chi connectivity index (χ1) is 10.8. The van der Waals surface area contributed by atoms with Gasteiger partial charge in [0.2, 0.25) is 5.91 Å². The maximum atomic E-state index is 11.9. The summed E-state index contributed by atoms with van der Waals surface area (Å²) < 4.78 is 7.32. The SMILES string of the molecule is O=C(CCc1cnn(-c2ccccc2)c1)NC[C@H]1CCCO1. The molecule has 1 N–H and O–H groups in total. The van der Waals surface area contributed by atoms with Gasteiger partial charge in [0.05, 0.1) is 18.0 Å². The molecule has 0 unspecified atom stereocenters. The van der Waals surface area contributed by atoms with Gasteiger partial charge >= 0.3 is 0 Å². The molecule has 1 aromatic heterocycles. The lowest BCUT2D eigenvalue weighted by molar-refractivity contribution is -0.121. The molecule has 1 aromatic carbocycles. The van der Waals surface area contributed by atoms with Crippen LogP contribution in [0, 0.1) is 0 Å². The quantitative estimate of drug-likeness (QED) is 0.888. The Morgan fingerprint density at radius 2 is 2.23 bits per heavy atom. The molecule has 5 nitrogen and oxygen atoms in total. The Bertz CT molecular complexity index is 603.